The van der Waals surface area contributed by atoms with Crippen LogP contribution in [0.1, 0.15) is 24.0 Å². The van der Waals surface area contributed by atoms with Gasteiger partial charge in [-0.05, 0) is 46.1 Å². The van der Waals surface area contributed by atoms with E-state index in [1.54, 1.807) is 12.1 Å². The standard InChI is InChI=1S/C15H23FN4O/c1-19-8-6-12(7-9-19)20(2)10-11-4-3-5-13(14(11)16)15(17)18-21/h3-5,12,21H,6-10H2,1-2H3,(H2,17,18). The molecule has 1 fully saturated rings. The lowest BCUT2D eigenvalue weighted by molar-refractivity contribution is 0.138. The van der Waals surface area contributed by atoms with Crippen LogP contribution in [0, 0.1) is 5.82 Å². The first-order chi connectivity index (χ1) is 10.0. The van der Waals surface area contributed by atoms with Gasteiger partial charge in [0.15, 0.2) is 5.84 Å². The van der Waals surface area contributed by atoms with Gasteiger partial charge in [-0.2, -0.15) is 0 Å². The second-order valence-electron chi connectivity index (χ2n) is 5.71. The number of halogens is 1. The van der Waals surface area contributed by atoms with E-state index in [9.17, 15) is 4.39 Å². The van der Waals surface area contributed by atoms with Crippen LogP contribution in [0.3, 0.4) is 0 Å². The summed E-state index contributed by atoms with van der Waals surface area (Å²) < 4.78 is 14.4. The highest BCUT2D eigenvalue weighted by atomic mass is 19.1. The summed E-state index contributed by atoms with van der Waals surface area (Å²) in [4.78, 5) is 4.49. The van der Waals surface area contributed by atoms with Crippen LogP contribution in [0.4, 0.5) is 4.39 Å². The zero-order chi connectivity index (χ0) is 15.4. The van der Waals surface area contributed by atoms with E-state index in [0.717, 1.165) is 25.9 Å². The molecule has 0 aliphatic carbocycles. The molecule has 1 aliphatic heterocycles. The second kappa shape index (κ2) is 6.87. The lowest BCUT2D eigenvalue weighted by Crippen LogP contribution is -2.41. The fourth-order valence-electron chi connectivity index (χ4n) is 2.79. The minimum Gasteiger partial charge on any atom is -0.409 e. The molecule has 1 aromatic carbocycles. The third kappa shape index (κ3) is 3.71. The van der Waals surface area contributed by atoms with Crippen molar-refractivity contribution in [3.8, 4) is 0 Å². The summed E-state index contributed by atoms with van der Waals surface area (Å²) in [6.07, 6.45) is 2.18. The van der Waals surface area contributed by atoms with Gasteiger partial charge in [0.2, 0.25) is 0 Å². The first kappa shape index (κ1) is 15.7. The fourth-order valence-corrected chi connectivity index (χ4v) is 2.79. The number of amidine groups is 1. The number of benzene rings is 1. The average Bonchev–Trinajstić information content (AvgIpc) is 2.49. The van der Waals surface area contributed by atoms with Crippen molar-refractivity contribution in [3.63, 3.8) is 0 Å². The quantitative estimate of drug-likeness (QED) is 0.382. The minimum atomic E-state index is -0.410. The number of piperidine rings is 1. The third-order valence-corrected chi connectivity index (χ3v) is 4.19. The summed E-state index contributed by atoms with van der Waals surface area (Å²) in [6, 6.07) is 5.46. The molecular formula is C15H23FN4O. The molecular weight excluding hydrogens is 271 g/mol. The van der Waals surface area contributed by atoms with Crippen molar-refractivity contribution in [2.45, 2.75) is 25.4 Å². The monoisotopic (exact) mass is 294 g/mol. The van der Waals surface area contributed by atoms with E-state index in [0.29, 0.717) is 18.2 Å². The fraction of sp³-hybridized carbons (Fsp3) is 0.533. The molecule has 0 bridgehead atoms. The van der Waals surface area contributed by atoms with Crippen LogP contribution in [0.15, 0.2) is 23.4 Å². The molecule has 0 saturated carbocycles. The molecule has 21 heavy (non-hydrogen) atoms. The molecule has 3 N–H and O–H groups in total. The maximum atomic E-state index is 14.4. The predicted octanol–water partition coefficient (Wildman–Crippen LogP) is 1.45. The molecule has 0 atom stereocenters. The maximum Gasteiger partial charge on any atom is 0.173 e. The van der Waals surface area contributed by atoms with Gasteiger partial charge in [0.05, 0.1) is 5.56 Å². The molecule has 5 nitrogen and oxygen atoms in total. The van der Waals surface area contributed by atoms with E-state index in [2.05, 4.69) is 22.0 Å². The topological polar surface area (TPSA) is 65.1 Å². The molecule has 0 unspecified atom stereocenters. The molecule has 0 amide bonds. The van der Waals surface area contributed by atoms with Crippen LogP contribution in [-0.4, -0.2) is 54.1 Å². The average molecular weight is 294 g/mol. The number of nitrogens with two attached hydrogens (primary N) is 1. The van der Waals surface area contributed by atoms with Gasteiger partial charge in [-0.1, -0.05) is 17.3 Å². The molecule has 0 spiro atoms. The Hall–Kier alpha value is -1.66. The van der Waals surface area contributed by atoms with Crippen LogP contribution < -0.4 is 5.73 Å². The van der Waals surface area contributed by atoms with Crippen LogP contribution in [-0.2, 0) is 6.54 Å². The molecule has 1 saturated heterocycles. The van der Waals surface area contributed by atoms with Crippen molar-refractivity contribution in [1.29, 1.82) is 0 Å². The first-order valence-corrected chi connectivity index (χ1v) is 7.17. The molecule has 1 heterocycles. The molecule has 1 aliphatic rings. The highest BCUT2D eigenvalue weighted by molar-refractivity contribution is 5.97. The van der Waals surface area contributed by atoms with Crippen molar-refractivity contribution in [2.24, 2.45) is 10.9 Å². The number of rotatable bonds is 4. The van der Waals surface area contributed by atoms with Crippen molar-refractivity contribution < 1.29 is 9.60 Å². The first-order valence-electron chi connectivity index (χ1n) is 7.17. The van der Waals surface area contributed by atoms with Crippen molar-refractivity contribution >= 4 is 5.84 Å². The van der Waals surface area contributed by atoms with Gasteiger partial charge in [-0.15, -0.1) is 0 Å². The minimum absolute atomic E-state index is 0.145. The molecule has 0 radical (unpaired) electrons. The zero-order valence-corrected chi connectivity index (χ0v) is 12.6. The van der Waals surface area contributed by atoms with E-state index in [-0.39, 0.29) is 11.4 Å². The summed E-state index contributed by atoms with van der Waals surface area (Å²) in [5.41, 5.74) is 6.21. The Bertz CT molecular complexity index is 512. The predicted molar refractivity (Wildman–Crippen MR) is 80.9 cm³/mol. The Morgan fingerprint density at radius 1 is 1.48 bits per heavy atom. The van der Waals surface area contributed by atoms with Crippen molar-refractivity contribution in [1.82, 2.24) is 9.80 Å². The van der Waals surface area contributed by atoms with Crippen molar-refractivity contribution in [2.75, 3.05) is 27.2 Å². The van der Waals surface area contributed by atoms with Crippen LogP contribution in [0.25, 0.3) is 0 Å². The van der Waals surface area contributed by atoms with E-state index >= 15 is 0 Å². The second-order valence-corrected chi connectivity index (χ2v) is 5.71. The third-order valence-electron chi connectivity index (χ3n) is 4.19. The van der Waals surface area contributed by atoms with E-state index in [1.807, 2.05) is 7.05 Å². The number of oxime groups is 1. The number of likely N-dealkylation sites (tertiary alicyclic amines) is 1. The summed E-state index contributed by atoms with van der Waals surface area (Å²) in [6.45, 7) is 2.66. The number of nitrogens with zero attached hydrogens (tertiary/aromatic N) is 3. The van der Waals surface area contributed by atoms with Gasteiger partial charge in [-0.25, -0.2) is 4.39 Å². The zero-order valence-electron chi connectivity index (χ0n) is 12.6. The molecule has 0 aromatic heterocycles. The summed E-state index contributed by atoms with van der Waals surface area (Å²) in [5.74, 6) is -0.608. The Morgan fingerprint density at radius 2 is 2.14 bits per heavy atom. The SMILES string of the molecule is CN1CCC(N(C)Cc2cccc(/C(N)=N/O)c2F)CC1. The smallest absolute Gasteiger partial charge is 0.173 e. The molecule has 2 rings (SSSR count). The number of hydrogen-bond donors (Lipinski definition) is 2. The molecule has 6 heteroatoms. The lowest BCUT2D eigenvalue weighted by Gasteiger charge is -2.35. The van der Waals surface area contributed by atoms with Gasteiger partial charge in [0.25, 0.3) is 0 Å². The Kier molecular flexibility index (Phi) is 5.14. The van der Waals surface area contributed by atoms with Gasteiger partial charge in [0.1, 0.15) is 5.82 Å². The van der Waals surface area contributed by atoms with Crippen LogP contribution in [0.2, 0.25) is 0 Å². The summed E-state index contributed by atoms with van der Waals surface area (Å²) in [5, 5.41) is 11.6. The molecule has 1 aromatic rings. The van der Waals surface area contributed by atoms with Gasteiger partial charge in [0, 0.05) is 18.2 Å². The van der Waals surface area contributed by atoms with E-state index in [4.69, 9.17) is 10.9 Å². The summed E-state index contributed by atoms with van der Waals surface area (Å²) in [7, 11) is 4.14. The van der Waals surface area contributed by atoms with Crippen molar-refractivity contribution in [3.05, 3.63) is 35.1 Å². The lowest BCUT2D eigenvalue weighted by atomic mass is 10.0. The van der Waals surface area contributed by atoms with E-state index < -0.39 is 5.82 Å². The van der Waals surface area contributed by atoms with Gasteiger partial charge >= 0.3 is 0 Å². The van der Waals surface area contributed by atoms with Gasteiger partial charge < -0.3 is 15.8 Å². The summed E-state index contributed by atoms with van der Waals surface area (Å²) >= 11 is 0. The molecule has 116 valence electrons. The maximum absolute atomic E-state index is 14.4. The number of hydrogen-bond acceptors (Lipinski definition) is 4. The Morgan fingerprint density at radius 3 is 2.76 bits per heavy atom. The Labute approximate surface area is 124 Å². The Balaban J connectivity index is 2.09. The highest BCUT2D eigenvalue weighted by Crippen LogP contribution is 2.19. The van der Waals surface area contributed by atoms with Crippen LogP contribution in [0.5, 0.6) is 0 Å². The highest BCUT2D eigenvalue weighted by Gasteiger charge is 2.22. The normalized spacial score (nSPS) is 18.4. The van der Waals surface area contributed by atoms with Crippen LogP contribution >= 0.6 is 0 Å². The van der Waals surface area contributed by atoms with E-state index in [1.165, 1.54) is 6.07 Å². The van der Waals surface area contributed by atoms with Gasteiger partial charge in [-0.3, -0.25) is 4.90 Å². The largest absolute Gasteiger partial charge is 0.409 e.